The van der Waals surface area contributed by atoms with Gasteiger partial charge in [0.1, 0.15) is 18.5 Å². The molecule has 0 radical (unpaired) electrons. The molecule has 2 atom stereocenters. The molecular formula is C19H17F7N6O2. The van der Waals surface area contributed by atoms with Crippen LogP contribution in [0.15, 0.2) is 30.7 Å². The van der Waals surface area contributed by atoms with Gasteiger partial charge >= 0.3 is 18.4 Å². The van der Waals surface area contributed by atoms with Gasteiger partial charge in [0.25, 0.3) is 0 Å². The van der Waals surface area contributed by atoms with Crippen LogP contribution in [0.25, 0.3) is 0 Å². The van der Waals surface area contributed by atoms with Crippen LogP contribution in [0, 0.1) is 0 Å². The van der Waals surface area contributed by atoms with Gasteiger partial charge in [-0.3, -0.25) is 9.69 Å². The molecule has 0 aliphatic carbocycles. The molecule has 0 unspecified atom stereocenters. The van der Waals surface area contributed by atoms with Gasteiger partial charge in [-0.2, -0.15) is 26.3 Å². The lowest BCUT2D eigenvalue weighted by molar-refractivity contribution is -0.138. The number of pyridine rings is 1. The first-order chi connectivity index (χ1) is 15.8. The van der Waals surface area contributed by atoms with Crippen LogP contribution in [-0.4, -0.2) is 57.1 Å². The molecule has 2 aromatic rings. The highest BCUT2D eigenvalue weighted by Gasteiger charge is 2.44. The number of urea groups is 1. The van der Waals surface area contributed by atoms with E-state index in [0.29, 0.717) is 24.5 Å². The van der Waals surface area contributed by atoms with E-state index in [9.17, 15) is 40.3 Å². The third-order valence-corrected chi connectivity index (χ3v) is 4.93. The van der Waals surface area contributed by atoms with Crippen molar-refractivity contribution in [3.8, 4) is 0 Å². The number of carbonyl (C=O) groups excluding carboxylic acids is 2. The highest BCUT2D eigenvalue weighted by atomic mass is 19.4. The van der Waals surface area contributed by atoms with Crippen molar-refractivity contribution in [2.75, 3.05) is 23.3 Å². The molecule has 15 heteroatoms. The second kappa shape index (κ2) is 9.38. The second-order valence-corrected chi connectivity index (χ2v) is 7.26. The van der Waals surface area contributed by atoms with Crippen LogP contribution in [0.4, 0.5) is 47.3 Å². The van der Waals surface area contributed by atoms with Crippen LogP contribution in [0.5, 0.6) is 0 Å². The summed E-state index contributed by atoms with van der Waals surface area (Å²) < 4.78 is 91.3. The fourth-order valence-electron chi connectivity index (χ4n) is 3.21. The number of nitrogens with zero attached hydrogens (tertiary/aromatic N) is 5. The lowest BCUT2D eigenvalue weighted by atomic mass is 10.1. The number of anilines is 2. The van der Waals surface area contributed by atoms with Crippen LogP contribution in [-0.2, 0) is 17.1 Å². The zero-order valence-electron chi connectivity index (χ0n) is 17.4. The number of aromatic nitrogens is 3. The maximum atomic E-state index is 14.6. The van der Waals surface area contributed by atoms with Gasteiger partial charge in [0.15, 0.2) is 0 Å². The van der Waals surface area contributed by atoms with Crippen LogP contribution >= 0.6 is 0 Å². The molecule has 0 saturated carbocycles. The lowest BCUT2D eigenvalue weighted by Gasteiger charge is -2.24. The maximum Gasteiger partial charge on any atom is 0.419 e. The number of hydrogen-bond acceptors (Lipinski definition) is 5. The summed E-state index contributed by atoms with van der Waals surface area (Å²) in [6, 6.07) is -0.836. The van der Waals surface area contributed by atoms with Crippen molar-refractivity contribution in [3.05, 3.63) is 41.9 Å². The predicted octanol–water partition coefficient (Wildman–Crippen LogP) is 3.91. The monoisotopic (exact) mass is 494 g/mol. The summed E-state index contributed by atoms with van der Waals surface area (Å²) >= 11 is 0. The van der Waals surface area contributed by atoms with Crippen molar-refractivity contribution in [1.82, 2.24) is 19.9 Å². The minimum atomic E-state index is -4.70. The van der Waals surface area contributed by atoms with Gasteiger partial charge in [0.05, 0.1) is 23.7 Å². The number of rotatable bonds is 6. The SMILES string of the molecule is CC[C@H](F)[C@H]1CN(c2ncc(C(F)(F)F)cn2)C(=O)N1CC(=O)Nc1cc(C(F)(F)F)ccn1. The summed E-state index contributed by atoms with van der Waals surface area (Å²) in [5, 5.41) is 2.12. The number of nitrogens with one attached hydrogen (secondary N) is 1. The van der Waals surface area contributed by atoms with E-state index in [1.165, 1.54) is 6.92 Å². The summed E-state index contributed by atoms with van der Waals surface area (Å²) in [4.78, 5) is 37.5. The van der Waals surface area contributed by atoms with E-state index in [1.54, 1.807) is 0 Å². The van der Waals surface area contributed by atoms with Crippen molar-refractivity contribution in [1.29, 1.82) is 0 Å². The number of amides is 3. The Hall–Kier alpha value is -3.52. The molecule has 1 aliphatic rings. The Kier molecular flexibility index (Phi) is 6.93. The van der Waals surface area contributed by atoms with Gasteiger partial charge in [0, 0.05) is 18.6 Å². The van der Waals surface area contributed by atoms with Crippen molar-refractivity contribution >= 4 is 23.7 Å². The molecule has 8 nitrogen and oxygen atoms in total. The number of halogens is 7. The van der Waals surface area contributed by atoms with Crippen LogP contribution in [0.2, 0.25) is 0 Å². The molecular weight excluding hydrogens is 477 g/mol. The number of alkyl halides is 7. The average molecular weight is 494 g/mol. The van der Waals surface area contributed by atoms with Gasteiger partial charge < -0.3 is 10.2 Å². The molecule has 3 rings (SSSR count). The van der Waals surface area contributed by atoms with Gasteiger partial charge in [-0.15, -0.1) is 0 Å². The molecule has 0 spiro atoms. The zero-order valence-corrected chi connectivity index (χ0v) is 17.4. The summed E-state index contributed by atoms with van der Waals surface area (Å²) in [5.41, 5.74) is -2.21. The van der Waals surface area contributed by atoms with Crippen molar-refractivity contribution in [2.24, 2.45) is 0 Å². The van der Waals surface area contributed by atoms with Gasteiger partial charge in [-0.1, -0.05) is 6.92 Å². The standard InChI is InChI=1S/C19H17F7N6O2/c1-2-12(20)13-8-32(16-28-6-11(7-29-16)19(24,25)26)17(34)31(13)9-15(33)30-14-5-10(3-4-27-14)18(21,22)23/h3-7,12-13H,2,8-9H2,1H3,(H,27,30,33)/t12-,13+/m0/s1. The minimum absolute atomic E-state index is 0.0487. The topological polar surface area (TPSA) is 91.3 Å². The summed E-state index contributed by atoms with van der Waals surface area (Å²) in [6.45, 7) is 0.379. The summed E-state index contributed by atoms with van der Waals surface area (Å²) in [6.07, 6.45) is -9.28. The maximum absolute atomic E-state index is 14.6. The highest BCUT2D eigenvalue weighted by Crippen LogP contribution is 2.31. The largest absolute Gasteiger partial charge is 0.419 e. The molecule has 1 fully saturated rings. The van der Waals surface area contributed by atoms with E-state index in [4.69, 9.17) is 0 Å². The molecule has 0 bridgehead atoms. The lowest BCUT2D eigenvalue weighted by Crippen LogP contribution is -2.44. The van der Waals surface area contributed by atoms with Gasteiger partial charge in [-0.05, 0) is 18.6 Å². The first-order valence-electron chi connectivity index (χ1n) is 9.75. The second-order valence-electron chi connectivity index (χ2n) is 7.26. The fraction of sp³-hybridized carbons (Fsp3) is 0.421. The zero-order chi connectivity index (χ0) is 25.3. The molecule has 1 aliphatic heterocycles. The third kappa shape index (κ3) is 5.51. The highest BCUT2D eigenvalue weighted by molar-refractivity contribution is 5.98. The summed E-state index contributed by atoms with van der Waals surface area (Å²) in [5.74, 6) is -1.81. The Morgan fingerprint density at radius 1 is 1.12 bits per heavy atom. The van der Waals surface area contributed by atoms with E-state index in [1.807, 2.05) is 0 Å². The molecule has 0 aromatic carbocycles. The first kappa shape index (κ1) is 25.1. The van der Waals surface area contributed by atoms with Gasteiger partial charge in [-0.25, -0.2) is 24.1 Å². The minimum Gasteiger partial charge on any atom is -0.309 e. The normalized spacial score (nSPS) is 17.8. The molecule has 3 heterocycles. The molecule has 1 saturated heterocycles. The van der Waals surface area contributed by atoms with Crippen molar-refractivity contribution in [3.63, 3.8) is 0 Å². The van der Waals surface area contributed by atoms with Crippen LogP contribution in [0.1, 0.15) is 24.5 Å². The van der Waals surface area contributed by atoms with E-state index in [0.717, 1.165) is 16.0 Å². The summed E-state index contributed by atoms with van der Waals surface area (Å²) in [7, 11) is 0. The Labute approximate surface area is 187 Å². The van der Waals surface area contributed by atoms with E-state index in [2.05, 4.69) is 20.3 Å². The molecule has 1 N–H and O–H groups in total. The van der Waals surface area contributed by atoms with Crippen molar-refractivity contribution in [2.45, 2.75) is 37.9 Å². The molecule has 34 heavy (non-hydrogen) atoms. The van der Waals surface area contributed by atoms with Crippen molar-refractivity contribution < 1.29 is 40.3 Å². The molecule has 3 amide bonds. The molecule has 184 valence electrons. The van der Waals surface area contributed by atoms with Crippen LogP contribution in [0.3, 0.4) is 0 Å². The fourth-order valence-corrected chi connectivity index (χ4v) is 3.21. The Morgan fingerprint density at radius 3 is 2.29 bits per heavy atom. The Bertz CT molecular complexity index is 1040. The third-order valence-electron chi connectivity index (χ3n) is 4.93. The Balaban J connectivity index is 1.78. The first-order valence-corrected chi connectivity index (χ1v) is 9.75. The van der Waals surface area contributed by atoms with Gasteiger partial charge in [0.2, 0.25) is 11.9 Å². The van der Waals surface area contributed by atoms with E-state index in [-0.39, 0.29) is 13.0 Å². The smallest absolute Gasteiger partial charge is 0.309 e. The number of carbonyl (C=O) groups is 2. The number of hydrogen-bond donors (Lipinski definition) is 1. The average Bonchev–Trinajstić information content (AvgIpc) is 3.08. The van der Waals surface area contributed by atoms with E-state index >= 15 is 0 Å². The van der Waals surface area contributed by atoms with Crippen LogP contribution < -0.4 is 10.2 Å². The molecule has 2 aromatic heterocycles. The quantitative estimate of drug-likeness (QED) is 0.616. The Morgan fingerprint density at radius 2 is 1.74 bits per heavy atom. The predicted molar refractivity (Wildman–Crippen MR) is 103 cm³/mol. The van der Waals surface area contributed by atoms with E-state index < -0.39 is 65.9 Å².